The monoisotopic (exact) mass is 303 g/mol. The first-order valence-electron chi connectivity index (χ1n) is 5.67. The molecule has 0 aliphatic rings. The number of rotatable bonds is 5. The molecule has 0 saturated carbocycles. The topological polar surface area (TPSA) is 118 Å². The highest BCUT2D eigenvalue weighted by Crippen LogP contribution is 2.16. The van der Waals surface area contributed by atoms with Gasteiger partial charge in [0.15, 0.2) is 0 Å². The van der Waals surface area contributed by atoms with Crippen molar-refractivity contribution in [2.24, 2.45) is 7.05 Å². The van der Waals surface area contributed by atoms with Gasteiger partial charge in [-0.05, 0) is 19.9 Å². The van der Waals surface area contributed by atoms with Crippen molar-refractivity contribution in [1.29, 1.82) is 0 Å². The van der Waals surface area contributed by atoms with Crippen molar-refractivity contribution < 1.29 is 23.1 Å². The van der Waals surface area contributed by atoms with Crippen LogP contribution in [0.1, 0.15) is 24.3 Å². The van der Waals surface area contributed by atoms with Crippen molar-refractivity contribution in [2.75, 3.05) is 7.05 Å². The quantitative estimate of drug-likeness (QED) is 0.679. The van der Waals surface area contributed by atoms with Crippen LogP contribution in [0.4, 0.5) is 0 Å². The first kappa shape index (κ1) is 16.2. The molecule has 1 rings (SSSR count). The van der Waals surface area contributed by atoms with Crippen molar-refractivity contribution in [3.8, 4) is 0 Å². The zero-order chi connectivity index (χ0) is 15.7. The van der Waals surface area contributed by atoms with Crippen LogP contribution in [0.15, 0.2) is 17.2 Å². The van der Waals surface area contributed by atoms with Crippen molar-refractivity contribution in [3.63, 3.8) is 0 Å². The van der Waals surface area contributed by atoms with E-state index in [0.29, 0.717) is 0 Å². The molecule has 0 aliphatic heterocycles. The molecule has 0 radical (unpaired) electrons. The number of carboxylic acids is 1. The average Bonchev–Trinajstić information content (AvgIpc) is 2.69. The van der Waals surface area contributed by atoms with Gasteiger partial charge in [0.05, 0.1) is 0 Å². The lowest BCUT2D eigenvalue weighted by atomic mass is 10.1. The highest BCUT2D eigenvalue weighted by Gasteiger charge is 2.33. The molecule has 1 aromatic heterocycles. The normalized spacial score (nSPS) is 12.2. The van der Waals surface area contributed by atoms with Gasteiger partial charge in [-0.2, -0.15) is 4.72 Å². The molecule has 0 fully saturated rings. The molecule has 0 spiro atoms. The molecule has 9 heteroatoms. The Morgan fingerprint density at radius 1 is 1.35 bits per heavy atom. The number of carbonyl (C=O) groups is 2. The van der Waals surface area contributed by atoms with Gasteiger partial charge in [0.25, 0.3) is 5.91 Å². The average molecular weight is 303 g/mol. The molecule has 1 heterocycles. The first-order valence-corrected chi connectivity index (χ1v) is 7.15. The number of aliphatic carboxylic acids is 1. The Kier molecular flexibility index (Phi) is 4.25. The van der Waals surface area contributed by atoms with Crippen molar-refractivity contribution in [3.05, 3.63) is 18.0 Å². The predicted molar refractivity (Wildman–Crippen MR) is 70.8 cm³/mol. The second-order valence-corrected chi connectivity index (χ2v) is 6.47. The lowest BCUT2D eigenvalue weighted by molar-refractivity contribution is -0.142. The van der Waals surface area contributed by atoms with E-state index in [1.165, 1.54) is 44.8 Å². The molecule has 0 bridgehead atoms. The summed E-state index contributed by atoms with van der Waals surface area (Å²) < 4.78 is 27.6. The van der Waals surface area contributed by atoms with Crippen LogP contribution in [0.5, 0.6) is 0 Å². The number of carbonyl (C=O) groups excluding carboxylic acids is 1. The molecular formula is C11H17N3O5S. The summed E-state index contributed by atoms with van der Waals surface area (Å²) in [7, 11) is -1.09. The van der Waals surface area contributed by atoms with Crippen LogP contribution in [-0.4, -0.2) is 42.6 Å². The van der Waals surface area contributed by atoms with Crippen molar-refractivity contribution in [1.82, 2.24) is 14.6 Å². The smallest absolute Gasteiger partial charge is 0.324 e. The van der Waals surface area contributed by atoms with E-state index < -0.39 is 27.4 Å². The standard InChI is InChI=1S/C11H17N3O5S/c1-11(2,10(16)17)13-20(18,19)7-5-8(9(15)12-3)14(4)6-7/h5-6,13H,1-4H3,(H,12,15)(H,16,17). The Balaban J connectivity index is 3.18. The number of hydrogen-bond donors (Lipinski definition) is 3. The zero-order valence-corrected chi connectivity index (χ0v) is 12.4. The summed E-state index contributed by atoms with van der Waals surface area (Å²) >= 11 is 0. The summed E-state index contributed by atoms with van der Waals surface area (Å²) in [6, 6.07) is 1.18. The summed E-state index contributed by atoms with van der Waals surface area (Å²) in [5.74, 6) is -1.74. The minimum absolute atomic E-state index is 0.154. The SMILES string of the molecule is CNC(=O)c1cc(S(=O)(=O)NC(C)(C)C(=O)O)cn1C. The maximum absolute atomic E-state index is 12.1. The number of sulfonamides is 1. The minimum Gasteiger partial charge on any atom is -0.480 e. The molecule has 0 saturated heterocycles. The largest absolute Gasteiger partial charge is 0.480 e. The van der Waals surface area contributed by atoms with E-state index in [-0.39, 0.29) is 10.6 Å². The van der Waals surface area contributed by atoms with E-state index in [1.807, 2.05) is 0 Å². The van der Waals surface area contributed by atoms with Crippen LogP contribution in [0.2, 0.25) is 0 Å². The second kappa shape index (κ2) is 5.25. The van der Waals surface area contributed by atoms with Gasteiger partial charge in [0.2, 0.25) is 10.0 Å². The fraction of sp³-hybridized carbons (Fsp3) is 0.455. The van der Waals surface area contributed by atoms with E-state index >= 15 is 0 Å². The molecule has 112 valence electrons. The van der Waals surface area contributed by atoms with Crippen LogP contribution in [0, 0.1) is 0 Å². The molecule has 1 aromatic rings. The molecule has 3 N–H and O–H groups in total. The Hall–Kier alpha value is -1.87. The molecule has 20 heavy (non-hydrogen) atoms. The van der Waals surface area contributed by atoms with E-state index in [4.69, 9.17) is 5.11 Å². The molecule has 0 unspecified atom stereocenters. The molecule has 0 aromatic carbocycles. The van der Waals surface area contributed by atoms with Gasteiger partial charge < -0.3 is 15.0 Å². The van der Waals surface area contributed by atoms with E-state index in [1.54, 1.807) is 0 Å². The maximum Gasteiger partial charge on any atom is 0.324 e. The molecular weight excluding hydrogens is 286 g/mol. The highest BCUT2D eigenvalue weighted by molar-refractivity contribution is 7.89. The molecule has 1 amide bonds. The van der Waals surface area contributed by atoms with E-state index in [2.05, 4.69) is 10.0 Å². The molecule has 8 nitrogen and oxygen atoms in total. The van der Waals surface area contributed by atoms with E-state index in [9.17, 15) is 18.0 Å². The van der Waals surface area contributed by atoms with Crippen LogP contribution in [-0.2, 0) is 21.9 Å². The second-order valence-electron chi connectivity index (χ2n) is 4.79. The summed E-state index contributed by atoms with van der Waals surface area (Å²) in [5.41, 5.74) is -1.50. The maximum atomic E-state index is 12.1. The highest BCUT2D eigenvalue weighted by atomic mass is 32.2. The minimum atomic E-state index is -4.04. The van der Waals surface area contributed by atoms with Gasteiger partial charge in [-0.25, -0.2) is 8.42 Å². The van der Waals surface area contributed by atoms with E-state index in [0.717, 1.165) is 0 Å². The lowest BCUT2D eigenvalue weighted by Crippen LogP contribution is -2.49. The number of amides is 1. The summed E-state index contributed by atoms with van der Waals surface area (Å²) in [6.45, 7) is 2.46. The Morgan fingerprint density at radius 2 is 1.90 bits per heavy atom. The predicted octanol–water partition coefficient (Wildman–Crippen LogP) is -0.474. The number of nitrogens with zero attached hydrogens (tertiary/aromatic N) is 1. The van der Waals surface area contributed by atoms with Crippen molar-refractivity contribution >= 4 is 21.9 Å². The van der Waals surface area contributed by atoms with Crippen LogP contribution < -0.4 is 10.0 Å². The lowest BCUT2D eigenvalue weighted by Gasteiger charge is -2.20. The summed E-state index contributed by atoms with van der Waals surface area (Å²) in [4.78, 5) is 22.3. The fourth-order valence-electron chi connectivity index (χ4n) is 1.47. The molecule has 0 atom stereocenters. The number of carboxylic acid groups (broad SMARTS) is 1. The van der Waals surface area contributed by atoms with Crippen molar-refractivity contribution in [2.45, 2.75) is 24.3 Å². The number of nitrogens with one attached hydrogen (secondary N) is 2. The Labute approximate surface area is 116 Å². The third-order valence-electron chi connectivity index (χ3n) is 2.67. The van der Waals surface area contributed by atoms with Gasteiger partial charge in [0.1, 0.15) is 16.1 Å². The van der Waals surface area contributed by atoms with Crippen LogP contribution in [0.3, 0.4) is 0 Å². The summed E-state index contributed by atoms with van der Waals surface area (Å²) in [5, 5.41) is 11.3. The first-order chi connectivity index (χ1) is 9.01. The zero-order valence-electron chi connectivity index (χ0n) is 11.6. The van der Waals surface area contributed by atoms with Crippen LogP contribution in [0.25, 0.3) is 0 Å². The number of aromatic nitrogens is 1. The van der Waals surface area contributed by atoms with Gasteiger partial charge in [-0.15, -0.1) is 0 Å². The van der Waals surface area contributed by atoms with Gasteiger partial charge >= 0.3 is 5.97 Å². The van der Waals surface area contributed by atoms with Gasteiger partial charge in [-0.1, -0.05) is 0 Å². The van der Waals surface area contributed by atoms with Gasteiger partial charge in [-0.3, -0.25) is 9.59 Å². The Bertz CT molecular complexity index is 645. The number of aryl methyl sites for hydroxylation is 1. The van der Waals surface area contributed by atoms with Gasteiger partial charge in [0, 0.05) is 20.3 Å². The third kappa shape index (κ3) is 3.17. The fourth-order valence-corrected chi connectivity index (χ4v) is 2.91. The summed E-state index contributed by atoms with van der Waals surface area (Å²) in [6.07, 6.45) is 1.24. The number of hydrogen-bond acceptors (Lipinski definition) is 4. The third-order valence-corrected chi connectivity index (χ3v) is 4.30. The van der Waals surface area contributed by atoms with Crippen LogP contribution >= 0.6 is 0 Å². The molecule has 0 aliphatic carbocycles. The Morgan fingerprint density at radius 3 is 2.35 bits per heavy atom.